The Kier molecular flexibility index (Phi) is 5.57. The average Bonchev–Trinajstić information content (AvgIpc) is 3.31. The molecular formula is C22H15ClF2N6O2. The number of amidine groups is 1. The molecule has 8 nitrogen and oxygen atoms in total. The van der Waals surface area contributed by atoms with Crippen molar-refractivity contribution >= 4 is 45.7 Å². The number of pyridine rings is 1. The third-order valence-electron chi connectivity index (χ3n) is 4.67. The van der Waals surface area contributed by atoms with Gasteiger partial charge in [0.15, 0.2) is 5.75 Å². The fourth-order valence-electron chi connectivity index (χ4n) is 3.16. The van der Waals surface area contributed by atoms with Gasteiger partial charge in [-0.05, 0) is 48.5 Å². The first-order valence-corrected chi connectivity index (χ1v) is 10.2. The van der Waals surface area contributed by atoms with Crippen LogP contribution in [0.25, 0.3) is 10.9 Å². The number of hydrogen-bond acceptors (Lipinski definition) is 8. The average molecular weight is 469 g/mol. The predicted octanol–water partition coefficient (Wildman–Crippen LogP) is 5.29. The van der Waals surface area contributed by atoms with Crippen LogP contribution in [-0.2, 0) is 4.74 Å². The molecule has 4 aromatic rings. The Bertz CT molecular complexity index is 1380. The van der Waals surface area contributed by atoms with Crippen molar-refractivity contribution < 1.29 is 18.3 Å². The molecule has 0 saturated heterocycles. The maximum atomic E-state index is 13.8. The molecule has 0 amide bonds. The van der Waals surface area contributed by atoms with Crippen LogP contribution in [0.1, 0.15) is 0 Å². The molecule has 1 aliphatic rings. The molecule has 2 aromatic carbocycles. The highest BCUT2D eigenvalue weighted by Crippen LogP contribution is 2.34. The molecule has 166 valence electrons. The van der Waals surface area contributed by atoms with Crippen molar-refractivity contribution in [1.82, 2.24) is 15.0 Å². The van der Waals surface area contributed by atoms with E-state index in [-0.39, 0.29) is 16.5 Å². The number of nitrogens with zero attached hydrogens (tertiary/aromatic N) is 4. The Morgan fingerprint density at radius 3 is 2.55 bits per heavy atom. The molecule has 0 radical (unpaired) electrons. The third kappa shape index (κ3) is 4.60. The van der Waals surface area contributed by atoms with Gasteiger partial charge in [0.1, 0.15) is 24.5 Å². The molecule has 3 heterocycles. The van der Waals surface area contributed by atoms with Gasteiger partial charge in [-0.25, -0.2) is 15.0 Å². The summed E-state index contributed by atoms with van der Waals surface area (Å²) >= 11 is 6.32. The summed E-state index contributed by atoms with van der Waals surface area (Å²) in [6.07, 6.45) is 1.45. The molecule has 5 rings (SSSR count). The summed E-state index contributed by atoms with van der Waals surface area (Å²) in [4.78, 5) is 15.9. The normalized spacial score (nSPS) is 12.9. The highest BCUT2D eigenvalue weighted by atomic mass is 35.5. The van der Waals surface area contributed by atoms with Gasteiger partial charge in [-0.3, -0.25) is 0 Å². The van der Waals surface area contributed by atoms with Gasteiger partial charge in [0.2, 0.25) is 5.95 Å². The number of nitrogens with one attached hydrogen (secondary N) is 2. The third-order valence-corrected chi connectivity index (χ3v) is 4.96. The SMILES string of the molecule is Fc1ccc(Oc2ccc(Nc3ncnc4ccc(NC5=NCCO5)cc34)cc2Cl)c(F)n1. The van der Waals surface area contributed by atoms with E-state index in [1.807, 2.05) is 18.2 Å². The summed E-state index contributed by atoms with van der Waals surface area (Å²) in [5.74, 6) is -1.51. The van der Waals surface area contributed by atoms with E-state index in [0.29, 0.717) is 30.7 Å². The molecule has 0 atom stereocenters. The van der Waals surface area contributed by atoms with Crippen molar-refractivity contribution in [3.63, 3.8) is 0 Å². The Morgan fingerprint density at radius 2 is 1.76 bits per heavy atom. The lowest BCUT2D eigenvalue weighted by Crippen LogP contribution is -2.11. The van der Waals surface area contributed by atoms with E-state index in [1.165, 1.54) is 6.33 Å². The molecule has 2 N–H and O–H groups in total. The van der Waals surface area contributed by atoms with Gasteiger partial charge < -0.3 is 20.1 Å². The molecule has 1 aliphatic heterocycles. The zero-order valence-corrected chi connectivity index (χ0v) is 17.6. The van der Waals surface area contributed by atoms with Crippen molar-refractivity contribution in [1.29, 1.82) is 0 Å². The maximum absolute atomic E-state index is 13.8. The van der Waals surface area contributed by atoms with Gasteiger partial charge in [0.05, 0.1) is 17.1 Å². The summed E-state index contributed by atoms with van der Waals surface area (Å²) in [6, 6.07) is 13.1. The second-order valence-electron chi connectivity index (χ2n) is 6.91. The quantitative estimate of drug-likeness (QED) is 0.384. The minimum absolute atomic E-state index is 0.186. The number of aromatic nitrogens is 3. The van der Waals surface area contributed by atoms with E-state index in [4.69, 9.17) is 21.1 Å². The van der Waals surface area contributed by atoms with E-state index in [1.54, 1.807) is 18.2 Å². The lowest BCUT2D eigenvalue weighted by Gasteiger charge is -2.12. The molecule has 33 heavy (non-hydrogen) atoms. The number of aliphatic imine (C=N–C) groups is 1. The summed E-state index contributed by atoms with van der Waals surface area (Å²) in [7, 11) is 0. The van der Waals surface area contributed by atoms with Gasteiger partial charge in [0, 0.05) is 16.8 Å². The summed E-state index contributed by atoms with van der Waals surface area (Å²) < 4.78 is 37.6. The van der Waals surface area contributed by atoms with Crippen LogP contribution in [0.5, 0.6) is 11.5 Å². The van der Waals surface area contributed by atoms with Gasteiger partial charge in [-0.15, -0.1) is 0 Å². The molecular weight excluding hydrogens is 454 g/mol. The maximum Gasteiger partial charge on any atom is 0.289 e. The molecule has 0 fully saturated rings. The fraction of sp³-hybridized carbons (Fsp3) is 0.0909. The Balaban J connectivity index is 1.39. The van der Waals surface area contributed by atoms with E-state index in [9.17, 15) is 8.78 Å². The second kappa shape index (κ2) is 8.83. The molecule has 0 spiro atoms. The van der Waals surface area contributed by atoms with Crippen molar-refractivity contribution in [3.05, 3.63) is 71.8 Å². The predicted molar refractivity (Wildman–Crippen MR) is 120 cm³/mol. The smallest absolute Gasteiger partial charge is 0.289 e. The van der Waals surface area contributed by atoms with Gasteiger partial charge in [-0.1, -0.05) is 11.6 Å². The van der Waals surface area contributed by atoms with Gasteiger partial charge >= 0.3 is 0 Å². The number of benzene rings is 2. The van der Waals surface area contributed by atoms with Crippen molar-refractivity contribution in [2.45, 2.75) is 0 Å². The van der Waals surface area contributed by atoms with Crippen LogP contribution in [0.4, 0.5) is 26.0 Å². The number of fused-ring (bicyclic) bond motifs is 1. The minimum atomic E-state index is -1.07. The van der Waals surface area contributed by atoms with Crippen LogP contribution in [0.15, 0.2) is 59.9 Å². The number of rotatable bonds is 5. The highest BCUT2D eigenvalue weighted by Gasteiger charge is 2.13. The lowest BCUT2D eigenvalue weighted by molar-refractivity contribution is 0.346. The second-order valence-corrected chi connectivity index (χ2v) is 7.32. The van der Waals surface area contributed by atoms with Crippen LogP contribution >= 0.6 is 11.6 Å². The zero-order chi connectivity index (χ0) is 22.8. The minimum Gasteiger partial charge on any atom is -0.463 e. The summed E-state index contributed by atoms with van der Waals surface area (Å²) in [5.41, 5.74) is 2.13. The van der Waals surface area contributed by atoms with Crippen molar-refractivity contribution in [2.75, 3.05) is 23.8 Å². The van der Waals surface area contributed by atoms with Crippen molar-refractivity contribution in [2.24, 2.45) is 4.99 Å². The first kappa shape index (κ1) is 20.8. The standard InChI is InChI=1S/C22H15ClF2N6O2/c23-15-10-13(2-4-17(15)33-18-5-6-19(24)31-20(18)25)29-21-14-9-12(30-22-26-7-8-32-22)1-3-16(14)27-11-28-21/h1-6,9-11H,7-8H2,(H,26,30)(H,27,28,29). The molecule has 0 aliphatic carbocycles. The lowest BCUT2D eigenvalue weighted by atomic mass is 10.2. The molecule has 0 unspecified atom stereocenters. The first-order valence-electron chi connectivity index (χ1n) is 9.81. The molecule has 2 aromatic heterocycles. The first-order chi connectivity index (χ1) is 16.0. The van der Waals surface area contributed by atoms with Crippen LogP contribution in [0.2, 0.25) is 5.02 Å². The van der Waals surface area contributed by atoms with Gasteiger partial charge in [-0.2, -0.15) is 13.8 Å². The number of anilines is 3. The summed E-state index contributed by atoms with van der Waals surface area (Å²) in [5, 5.41) is 7.29. The number of halogens is 3. The monoisotopic (exact) mass is 468 g/mol. The molecule has 11 heteroatoms. The fourth-order valence-corrected chi connectivity index (χ4v) is 3.38. The van der Waals surface area contributed by atoms with E-state index in [0.717, 1.165) is 28.7 Å². The molecule has 0 bridgehead atoms. The van der Waals surface area contributed by atoms with Crippen LogP contribution in [0.3, 0.4) is 0 Å². The van der Waals surface area contributed by atoms with Crippen LogP contribution < -0.4 is 15.4 Å². The van der Waals surface area contributed by atoms with Gasteiger partial charge in [0.25, 0.3) is 12.0 Å². The Morgan fingerprint density at radius 1 is 0.939 bits per heavy atom. The van der Waals surface area contributed by atoms with Crippen LogP contribution in [-0.4, -0.2) is 34.1 Å². The number of hydrogen-bond donors (Lipinski definition) is 2. The van der Waals surface area contributed by atoms with Crippen LogP contribution in [0, 0.1) is 11.9 Å². The highest BCUT2D eigenvalue weighted by molar-refractivity contribution is 6.32. The number of ether oxygens (including phenoxy) is 2. The van der Waals surface area contributed by atoms with E-state index < -0.39 is 11.9 Å². The Labute approximate surface area is 191 Å². The van der Waals surface area contributed by atoms with Crippen molar-refractivity contribution in [3.8, 4) is 11.5 Å². The summed E-state index contributed by atoms with van der Waals surface area (Å²) in [6.45, 7) is 1.17. The topological polar surface area (TPSA) is 93.6 Å². The van der Waals surface area contributed by atoms with E-state index >= 15 is 0 Å². The largest absolute Gasteiger partial charge is 0.463 e. The molecule has 0 saturated carbocycles. The zero-order valence-electron chi connectivity index (χ0n) is 16.8. The Hall–Kier alpha value is -4.05. The van der Waals surface area contributed by atoms with E-state index in [2.05, 4.69) is 30.6 Å².